The number of allylic oxidation sites excluding steroid dienone is 6. The van der Waals surface area contributed by atoms with Crippen LogP contribution in [-0.4, -0.2) is 18.9 Å². The number of rotatable bonds is 3. The van der Waals surface area contributed by atoms with E-state index in [4.69, 9.17) is 0 Å². The Hall–Kier alpha value is -1.18. The van der Waals surface area contributed by atoms with Crippen LogP contribution in [0.15, 0.2) is 39.9 Å². The molecular formula is C18H26FN. The lowest BCUT2D eigenvalue weighted by molar-refractivity contribution is 0.189. The molecule has 0 aliphatic heterocycles. The van der Waals surface area contributed by atoms with E-state index in [1.807, 2.05) is 13.1 Å². The summed E-state index contributed by atoms with van der Waals surface area (Å²) in [5, 5.41) is 0. The largest absolute Gasteiger partial charge is 0.293 e. The summed E-state index contributed by atoms with van der Waals surface area (Å²) in [6, 6.07) is 0. The van der Waals surface area contributed by atoms with Crippen LogP contribution >= 0.6 is 0 Å². The molecule has 0 aromatic rings. The lowest BCUT2D eigenvalue weighted by Gasteiger charge is -2.31. The van der Waals surface area contributed by atoms with Crippen molar-refractivity contribution in [2.24, 2.45) is 16.8 Å². The number of aliphatic imine (C=N–C) groups is 1. The average Bonchev–Trinajstić information content (AvgIpc) is 2.59. The normalized spacial score (nSPS) is 31.6. The van der Waals surface area contributed by atoms with Crippen LogP contribution in [0.2, 0.25) is 0 Å². The molecule has 2 aliphatic rings. The molecule has 0 aromatic carbocycles. The van der Waals surface area contributed by atoms with Crippen LogP contribution < -0.4 is 0 Å². The van der Waals surface area contributed by atoms with Crippen LogP contribution in [-0.2, 0) is 0 Å². The molecule has 0 heterocycles. The second kappa shape index (κ2) is 7.01. The van der Waals surface area contributed by atoms with Gasteiger partial charge < -0.3 is 0 Å². The van der Waals surface area contributed by atoms with Gasteiger partial charge in [0.25, 0.3) is 0 Å². The quantitative estimate of drug-likeness (QED) is 0.504. The van der Waals surface area contributed by atoms with E-state index in [2.05, 4.69) is 37.1 Å². The maximum atomic E-state index is 14.3. The zero-order valence-corrected chi connectivity index (χ0v) is 12.9. The van der Waals surface area contributed by atoms with Gasteiger partial charge in [0.05, 0.1) is 0 Å². The predicted octanol–water partition coefficient (Wildman–Crippen LogP) is 5.05. The van der Waals surface area contributed by atoms with Crippen molar-refractivity contribution in [3.8, 4) is 0 Å². The Balaban J connectivity index is 2.12. The Kier molecular flexibility index (Phi) is 5.33. The third-order valence-electron chi connectivity index (χ3n) is 4.56. The number of nitrogens with zero attached hydrogens (tertiary/aromatic N) is 1. The van der Waals surface area contributed by atoms with Gasteiger partial charge in [-0.25, -0.2) is 4.39 Å². The minimum Gasteiger partial charge on any atom is -0.293 e. The third-order valence-corrected chi connectivity index (χ3v) is 4.56. The maximum absolute atomic E-state index is 14.3. The van der Waals surface area contributed by atoms with E-state index in [1.165, 1.54) is 16.7 Å². The second-order valence-electron chi connectivity index (χ2n) is 5.97. The first-order chi connectivity index (χ1) is 9.63. The van der Waals surface area contributed by atoms with Gasteiger partial charge in [-0.3, -0.25) is 4.99 Å². The van der Waals surface area contributed by atoms with Gasteiger partial charge in [-0.15, -0.1) is 0 Å². The predicted molar refractivity (Wildman–Crippen MR) is 85.0 cm³/mol. The minimum atomic E-state index is -0.680. The van der Waals surface area contributed by atoms with Gasteiger partial charge in [-0.1, -0.05) is 23.8 Å². The highest BCUT2D eigenvalue weighted by atomic mass is 19.1. The van der Waals surface area contributed by atoms with Gasteiger partial charge in [0.2, 0.25) is 0 Å². The molecule has 110 valence electrons. The van der Waals surface area contributed by atoms with Crippen LogP contribution in [0.4, 0.5) is 4.39 Å². The summed E-state index contributed by atoms with van der Waals surface area (Å²) in [7, 11) is 0. The van der Waals surface area contributed by atoms with Crippen molar-refractivity contribution in [3.05, 3.63) is 34.9 Å². The van der Waals surface area contributed by atoms with Crippen LogP contribution in [0.5, 0.6) is 0 Å². The Labute approximate surface area is 122 Å². The van der Waals surface area contributed by atoms with E-state index >= 15 is 0 Å². The van der Waals surface area contributed by atoms with Gasteiger partial charge >= 0.3 is 0 Å². The molecule has 0 saturated heterocycles. The van der Waals surface area contributed by atoms with E-state index in [-0.39, 0.29) is 5.92 Å². The topological polar surface area (TPSA) is 12.4 Å². The van der Waals surface area contributed by atoms with E-state index < -0.39 is 6.17 Å². The standard InChI is InChI=1S/C18H26FN/c1-4-20-12-16-11-10-15(9-8-13(16)2)18-14(3)6-5-7-17(18)19/h6,8-9,12,15,17-18H,4-5,7,10-11H2,1-3H3. The summed E-state index contributed by atoms with van der Waals surface area (Å²) in [5.41, 5.74) is 3.82. The molecule has 0 fully saturated rings. The Morgan fingerprint density at radius 3 is 2.85 bits per heavy atom. The van der Waals surface area contributed by atoms with Crippen LogP contribution in [0, 0.1) is 11.8 Å². The maximum Gasteiger partial charge on any atom is 0.107 e. The first-order valence-electron chi connectivity index (χ1n) is 7.82. The highest BCUT2D eigenvalue weighted by Gasteiger charge is 2.31. The van der Waals surface area contributed by atoms with E-state index in [9.17, 15) is 4.39 Å². The summed E-state index contributed by atoms with van der Waals surface area (Å²) in [6.07, 6.45) is 11.5. The van der Waals surface area contributed by atoms with Crippen molar-refractivity contribution in [2.45, 2.75) is 52.6 Å². The van der Waals surface area contributed by atoms with E-state index in [1.54, 1.807) is 0 Å². The van der Waals surface area contributed by atoms with Crippen molar-refractivity contribution in [1.82, 2.24) is 0 Å². The Bertz CT molecular complexity index is 456. The summed E-state index contributed by atoms with van der Waals surface area (Å²) < 4.78 is 14.3. The molecule has 2 rings (SSSR count). The first kappa shape index (κ1) is 15.2. The Morgan fingerprint density at radius 2 is 2.15 bits per heavy atom. The fraction of sp³-hybridized carbons (Fsp3) is 0.611. The molecule has 0 bridgehead atoms. The van der Waals surface area contributed by atoms with Gasteiger partial charge in [0.15, 0.2) is 0 Å². The van der Waals surface area contributed by atoms with Gasteiger partial charge in [-0.2, -0.15) is 0 Å². The number of alkyl halides is 1. The molecule has 2 aliphatic carbocycles. The van der Waals surface area contributed by atoms with Gasteiger partial charge in [-0.05, 0) is 63.5 Å². The van der Waals surface area contributed by atoms with Crippen LogP contribution in [0.3, 0.4) is 0 Å². The zero-order valence-electron chi connectivity index (χ0n) is 12.9. The molecular weight excluding hydrogens is 249 g/mol. The minimum absolute atomic E-state index is 0.0789. The molecule has 0 spiro atoms. The van der Waals surface area contributed by atoms with E-state index in [0.29, 0.717) is 12.3 Å². The molecule has 20 heavy (non-hydrogen) atoms. The molecule has 0 N–H and O–H groups in total. The fourth-order valence-electron chi connectivity index (χ4n) is 3.33. The number of hydrogen-bond acceptors (Lipinski definition) is 1. The molecule has 1 nitrogen and oxygen atoms in total. The van der Waals surface area contributed by atoms with Crippen molar-refractivity contribution in [1.29, 1.82) is 0 Å². The third kappa shape index (κ3) is 3.47. The molecule has 0 aromatic heterocycles. The molecule has 2 heteroatoms. The van der Waals surface area contributed by atoms with Crippen molar-refractivity contribution in [3.63, 3.8) is 0 Å². The average molecular weight is 275 g/mol. The van der Waals surface area contributed by atoms with E-state index in [0.717, 1.165) is 25.8 Å². The number of halogens is 1. The van der Waals surface area contributed by atoms with Crippen LogP contribution in [0.1, 0.15) is 46.5 Å². The lowest BCUT2D eigenvalue weighted by atomic mass is 9.76. The monoisotopic (exact) mass is 275 g/mol. The van der Waals surface area contributed by atoms with Crippen molar-refractivity contribution < 1.29 is 4.39 Å². The van der Waals surface area contributed by atoms with Crippen molar-refractivity contribution >= 4 is 6.21 Å². The summed E-state index contributed by atoms with van der Waals surface area (Å²) in [4.78, 5) is 4.35. The zero-order chi connectivity index (χ0) is 14.5. The molecule has 0 saturated carbocycles. The summed E-state index contributed by atoms with van der Waals surface area (Å²) in [6.45, 7) is 7.09. The van der Waals surface area contributed by atoms with Crippen LogP contribution in [0.25, 0.3) is 0 Å². The fourth-order valence-corrected chi connectivity index (χ4v) is 3.33. The molecule has 0 radical (unpaired) electrons. The lowest BCUT2D eigenvalue weighted by Crippen LogP contribution is -2.27. The SMILES string of the molecule is CCN=CC1=C(C)C=CC(C2C(C)=CCCC2F)CC1. The molecule has 3 unspecified atom stereocenters. The first-order valence-corrected chi connectivity index (χ1v) is 7.82. The highest BCUT2D eigenvalue weighted by molar-refractivity contribution is 5.80. The smallest absolute Gasteiger partial charge is 0.107 e. The summed E-state index contributed by atoms with van der Waals surface area (Å²) >= 11 is 0. The highest BCUT2D eigenvalue weighted by Crippen LogP contribution is 2.38. The second-order valence-corrected chi connectivity index (χ2v) is 5.97. The summed E-state index contributed by atoms with van der Waals surface area (Å²) in [5.74, 6) is 0.402. The van der Waals surface area contributed by atoms with Gasteiger partial charge in [0.1, 0.15) is 6.17 Å². The Morgan fingerprint density at radius 1 is 1.35 bits per heavy atom. The van der Waals surface area contributed by atoms with Gasteiger partial charge in [0, 0.05) is 18.7 Å². The van der Waals surface area contributed by atoms with Crippen molar-refractivity contribution in [2.75, 3.05) is 6.54 Å². The number of hydrogen-bond donors (Lipinski definition) is 0. The molecule has 3 atom stereocenters. The molecule has 0 amide bonds.